The van der Waals surface area contributed by atoms with Gasteiger partial charge in [0.1, 0.15) is 11.6 Å². The summed E-state index contributed by atoms with van der Waals surface area (Å²) in [5.41, 5.74) is 3.51. The van der Waals surface area contributed by atoms with Gasteiger partial charge in [0.2, 0.25) is 0 Å². The largest absolute Gasteiger partial charge is 0.462 e. The van der Waals surface area contributed by atoms with Crippen molar-refractivity contribution in [1.82, 2.24) is 16.2 Å². The zero-order chi connectivity index (χ0) is 18.2. The van der Waals surface area contributed by atoms with Gasteiger partial charge in [0.25, 0.3) is 5.91 Å². The van der Waals surface area contributed by atoms with Crippen LogP contribution in [0, 0.1) is 5.92 Å². The highest BCUT2D eigenvalue weighted by atomic mass is 16.6. The van der Waals surface area contributed by atoms with Crippen LogP contribution in [0.15, 0.2) is 0 Å². The van der Waals surface area contributed by atoms with Gasteiger partial charge in [-0.1, -0.05) is 13.8 Å². The van der Waals surface area contributed by atoms with E-state index in [0.717, 1.165) is 7.11 Å². The van der Waals surface area contributed by atoms with Crippen molar-refractivity contribution in [1.29, 1.82) is 0 Å². The molecule has 0 aliphatic carbocycles. The fourth-order valence-corrected chi connectivity index (χ4v) is 1.52. The van der Waals surface area contributed by atoms with Crippen LogP contribution < -0.4 is 16.2 Å². The lowest BCUT2D eigenvalue weighted by Crippen LogP contribution is -2.54. The van der Waals surface area contributed by atoms with Crippen LogP contribution in [0.25, 0.3) is 0 Å². The average Bonchev–Trinajstić information content (AvgIpc) is 2.40. The van der Waals surface area contributed by atoms with E-state index < -0.39 is 35.5 Å². The molecule has 3 N–H and O–H groups in total. The van der Waals surface area contributed by atoms with Crippen LogP contribution in [0.4, 0.5) is 4.79 Å². The number of nitrogens with one attached hydrogen (secondary N) is 3. The minimum Gasteiger partial charge on any atom is -0.462 e. The van der Waals surface area contributed by atoms with Crippen LogP contribution in [0.2, 0.25) is 0 Å². The summed E-state index contributed by atoms with van der Waals surface area (Å²) < 4.78 is 9.24. The van der Waals surface area contributed by atoms with Crippen molar-refractivity contribution in [2.45, 2.75) is 52.7 Å². The number of hydrazine groups is 1. The zero-order valence-corrected chi connectivity index (χ0v) is 14.3. The van der Waals surface area contributed by atoms with Crippen LogP contribution in [-0.2, 0) is 23.9 Å². The Labute approximate surface area is 135 Å². The second-order valence-corrected chi connectivity index (χ2v) is 6.26. The SMILES string of the molecule is COC(=O)C(=O)N[C@H](CC(C)C)C(=O)NNC(=O)OC(C)(C)C. The normalized spacial score (nSPS) is 12.1. The molecule has 0 heterocycles. The summed E-state index contributed by atoms with van der Waals surface area (Å²) in [5.74, 6) is -2.76. The molecule has 0 spiro atoms. The van der Waals surface area contributed by atoms with Crippen molar-refractivity contribution >= 4 is 23.9 Å². The molecule has 9 heteroatoms. The number of amides is 3. The van der Waals surface area contributed by atoms with Gasteiger partial charge >= 0.3 is 18.0 Å². The van der Waals surface area contributed by atoms with E-state index in [1.165, 1.54) is 0 Å². The molecule has 1 atom stereocenters. The Morgan fingerprint density at radius 1 is 1.04 bits per heavy atom. The molecule has 0 aromatic carbocycles. The van der Waals surface area contributed by atoms with Crippen molar-refractivity contribution in [2.24, 2.45) is 5.92 Å². The molecule has 9 nitrogen and oxygen atoms in total. The van der Waals surface area contributed by atoms with E-state index in [-0.39, 0.29) is 12.3 Å². The highest BCUT2D eigenvalue weighted by molar-refractivity contribution is 6.32. The molecule has 0 rings (SSSR count). The predicted molar refractivity (Wildman–Crippen MR) is 80.9 cm³/mol. The zero-order valence-electron chi connectivity index (χ0n) is 14.3. The fourth-order valence-electron chi connectivity index (χ4n) is 1.52. The number of hydrogen-bond donors (Lipinski definition) is 3. The molecule has 0 aliphatic heterocycles. The van der Waals surface area contributed by atoms with Crippen LogP contribution in [0.5, 0.6) is 0 Å². The molecule has 23 heavy (non-hydrogen) atoms. The van der Waals surface area contributed by atoms with E-state index in [1.807, 2.05) is 13.8 Å². The van der Waals surface area contributed by atoms with Gasteiger partial charge < -0.3 is 14.8 Å². The van der Waals surface area contributed by atoms with Gasteiger partial charge in [0, 0.05) is 0 Å². The van der Waals surface area contributed by atoms with Crippen molar-refractivity contribution in [2.75, 3.05) is 7.11 Å². The third-order valence-electron chi connectivity index (χ3n) is 2.39. The summed E-state index contributed by atoms with van der Waals surface area (Å²) in [7, 11) is 1.06. The van der Waals surface area contributed by atoms with Gasteiger partial charge in [-0.25, -0.2) is 15.0 Å². The molecule has 0 unspecified atom stereocenters. The summed E-state index contributed by atoms with van der Waals surface area (Å²) in [6.07, 6.45) is -0.571. The Bertz CT molecular complexity index is 456. The van der Waals surface area contributed by atoms with Crippen LogP contribution in [-0.4, -0.2) is 42.6 Å². The molecule has 132 valence electrons. The van der Waals surface area contributed by atoms with Crippen molar-refractivity contribution in [3.8, 4) is 0 Å². The first-order chi connectivity index (χ1) is 10.5. The Balaban J connectivity index is 4.66. The minimum atomic E-state index is -1.10. The Hall–Kier alpha value is -2.32. The molecule has 0 radical (unpaired) electrons. The number of esters is 1. The van der Waals surface area contributed by atoms with Gasteiger partial charge in [0.15, 0.2) is 0 Å². The van der Waals surface area contributed by atoms with E-state index in [4.69, 9.17) is 4.74 Å². The maximum atomic E-state index is 12.0. The second-order valence-electron chi connectivity index (χ2n) is 6.26. The quantitative estimate of drug-likeness (QED) is 0.385. The number of rotatable bonds is 4. The minimum absolute atomic E-state index is 0.0604. The average molecular weight is 331 g/mol. The third kappa shape index (κ3) is 9.33. The fraction of sp³-hybridized carbons (Fsp3) is 0.714. The Morgan fingerprint density at radius 3 is 2.04 bits per heavy atom. The van der Waals surface area contributed by atoms with Crippen LogP contribution in [0.3, 0.4) is 0 Å². The molecule has 0 aliphatic rings. The van der Waals surface area contributed by atoms with E-state index in [2.05, 4.69) is 20.9 Å². The predicted octanol–water partition coefficient (Wildman–Crippen LogP) is 0.246. The first kappa shape index (κ1) is 20.7. The summed E-state index contributed by atoms with van der Waals surface area (Å²) >= 11 is 0. The van der Waals surface area contributed by atoms with Crippen molar-refractivity contribution in [3.63, 3.8) is 0 Å². The topological polar surface area (TPSA) is 123 Å². The number of methoxy groups -OCH3 is 1. The second kappa shape index (κ2) is 8.96. The smallest absolute Gasteiger partial charge is 0.426 e. The maximum absolute atomic E-state index is 12.0. The molecular formula is C14H25N3O6. The standard InChI is InChI=1S/C14H25N3O6/c1-8(2)7-9(15-11(19)12(20)22-6)10(18)16-17-13(21)23-14(3,4)5/h8-9H,7H2,1-6H3,(H,15,19)(H,16,18)(H,17,21)/t9-/m1/s1. The van der Waals surface area contributed by atoms with E-state index in [0.29, 0.717) is 0 Å². The van der Waals surface area contributed by atoms with Gasteiger partial charge in [-0.05, 0) is 33.1 Å². The molecule has 0 bridgehead atoms. The monoisotopic (exact) mass is 331 g/mol. The van der Waals surface area contributed by atoms with Crippen molar-refractivity contribution < 1.29 is 28.7 Å². The Kier molecular flexibility index (Phi) is 8.06. The summed E-state index contributed by atoms with van der Waals surface area (Å²) in [5, 5.41) is 2.25. The number of ether oxygens (including phenoxy) is 2. The van der Waals surface area contributed by atoms with Crippen LogP contribution >= 0.6 is 0 Å². The van der Waals surface area contributed by atoms with E-state index in [1.54, 1.807) is 20.8 Å². The summed E-state index contributed by atoms with van der Waals surface area (Å²) in [6.45, 7) is 8.70. The maximum Gasteiger partial charge on any atom is 0.426 e. The first-order valence-corrected chi connectivity index (χ1v) is 7.14. The molecule has 0 saturated heterocycles. The Morgan fingerprint density at radius 2 is 1.61 bits per heavy atom. The summed E-state index contributed by atoms with van der Waals surface area (Å²) in [4.78, 5) is 46.2. The number of carbonyl (C=O) groups is 4. The van der Waals surface area contributed by atoms with Crippen molar-refractivity contribution in [3.05, 3.63) is 0 Å². The van der Waals surface area contributed by atoms with Gasteiger partial charge in [0.05, 0.1) is 7.11 Å². The van der Waals surface area contributed by atoms with Gasteiger partial charge in [-0.2, -0.15) is 0 Å². The van der Waals surface area contributed by atoms with E-state index >= 15 is 0 Å². The number of hydrogen-bond acceptors (Lipinski definition) is 6. The molecular weight excluding hydrogens is 306 g/mol. The molecule has 3 amide bonds. The van der Waals surface area contributed by atoms with Gasteiger partial charge in [-0.15, -0.1) is 0 Å². The molecule has 0 saturated carbocycles. The summed E-state index contributed by atoms with van der Waals surface area (Å²) in [6, 6.07) is -1.00. The highest BCUT2D eigenvalue weighted by Gasteiger charge is 2.26. The van der Waals surface area contributed by atoms with Gasteiger partial charge in [-0.3, -0.25) is 15.0 Å². The molecule has 0 fully saturated rings. The third-order valence-corrected chi connectivity index (χ3v) is 2.39. The lowest BCUT2D eigenvalue weighted by Gasteiger charge is -2.22. The lowest BCUT2D eigenvalue weighted by atomic mass is 10.0. The van der Waals surface area contributed by atoms with E-state index in [9.17, 15) is 19.2 Å². The number of carbonyl (C=O) groups excluding carboxylic acids is 4. The highest BCUT2D eigenvalue weighted by Crippen LogP contribution is 2.07. The molecule has 0 aromatic heterocycles. The molecule has 0 aromatic rings. The van der Waals surface area contributed by atoms with Crippen LogP contribution in [0.1, 0.15) is 41.0 Å². The first-order valence-electron chi connectivity index (χ1n) is 7.14. The lowest BCUT2D eigenvalue weighted by molar-refractivity contribution is -0.153.